The summed E-state index contributed by atoms with van der Waals surface area (Å²) in [6, 6.07) is 7.07. The van der Waals surface area contributed by atoms with E-state index in [1.807, 2.05) is 0 Å². The number of carbonyl (C=O) groups excluding carboxylic acids is 1. The summed E-state index contributed by atoms with van der Waals surface area (Å²) in [5, 5.41) is 6.30. The van der Waals surface area contributed by atoms with Gasteiger partial charge < -0.3 is 15.4 Å². The Bertz CT molecular complexity index is 1070. The van der Waals surface area contributed by atoms with Gasteiger partial charge in [0.2, 0.25) is 5.91 Å². The fourth-order valence-corrected chi connectivity index (χ4v) is 5.15. The summed E-state index contributed by atoms with van der Waals surface area (Å²) in [5.41, 5.74) is -2.28. The molecule has 2 aromatic rings. The molecule has 0 radical (unpaired) electrons. The Kier molecular flexibility index (Phi) is 7.85. The van der Waals surface area contributed by atoms with Crippen molar-refractivity contribution in [1.82, 2.24) is 10.6 Å². The Morgan fingerprint density at radius 2 is 1.59 bits per heavy atom. The molecule has 1 aliphatic heterocycles. The molecule has 2 aliphatic rings. The first-order valence-corrected chi connectivity index (χ1v) is 12.0. The van der Waals surface area contributed by atoms with Gasteiger partial charge in [0, 0.05) is 31.0 Å². The summed E-state index contributed by atoms with van der Waals surface area (Å²) in [5.74, 6) is -0.787. The summed E-state index contributed by atoms with van der Waals surface area (Å²) in [6.07, 6.45) is -9.27. The van der Waals surface area contributed by atoms with Crippen LogP contribution in [0.4, 0.5) is 30.7 Å². The van der Waals surface area contributed by atoms with Crippen LogP contribution >= 0.6 is 0 Å². The van der Waals surface area contributed by atoms with E-state index >= 15 is 0 Å². The number of hydrogen-bond acceptors (Lipinski definition) is 3. The number of benzene rings is 2. The number of hydrogen-bond donors (Lipinski definition) is 2. The second kappa shape index (κ2) is 10.6. The first-order valence-electron chi connectivity index (χ1n) is 12.0. The van der Waals surface area contributed by atoms with Crippen LogP contribution in [0.1, 0.15) is 66.9 Å². The topological polar surface area (TPSA) is 50.4 Å². The minimum Gasteiger partial charge on any atom is -0.370 e. The largest absolute Gasteiger partial charge is 0.416 e. The highest BCUT2D eigenvalue weighted by atomic mass is 19.4. The summed E-state index contributed by atoms with van der Waals surface area (Å²) >= 11 is 0. The summed E-state index contributed by atoms with van der Waals surface area (Å²) < 4.78 is 99.7. The smallest absolute Gasteiger partial charge is 0.370 e. The molecule has 1 heterocycles. The minimum absolute atomic E-state index is 0.0253. The normalized spacial score (nSPS) is 25.4. The zero-order chi connectivity index (χ0) is 27.0. The molecule has 1 aliphatic carbocycles. The molecule has 1 saturated heterocycles. The van der Waals surface area contributed by atoms with Crippen LogP contribution in [-0.4, -0.2) is 30.6 Å². The lowest BCUT2D eigenvalue weighted by molar-refractivity contribution is -0.143. The standard InChI is InChI=1S/C26H27F7N2O2/c1-14(16-10-17(25(28,29)30)12-18(11-16)26(31,32)33)37-22-8-7-21(34-13-20-6-9-23(36)35-20)24(22)15-2-4-19(27)5-3-15/h2-5,10-12,14,20-22,24,34H,6-9,13H2,1H3,(H,35,36)/t14-,20-,21-,22+,24-/m0/s1. The van der Waals surface area contributed by atoms with Gasteiger partial charge >= 0.3 is 12.4 Å². The lowest BCUT2D eigenvalue weighted by Crippen LogP contribution is -2.42. The molecule has 2 aromatic carbocycles. The first-order chi connectivity index (χ1) is 17.3. The van der Waals surface area contributed by atoms with E-state index in [9.17, 15) is 35.5 Å². The number of carbonyl (C=O) groups is 1. The Morgan fingerprint density at radius 3 is 2.14 bits per heavy atom. The van der Waals surface area contributed by atoms with Crippen molar-refractivity contribution in [2.75, 3.05) is 6.54 Å². The highest BCUT2D eigenvalue weighted by Gasteiger charge is 2.41. The third-order valence-electron chi connectivity index (χ3n) is 7.02. The predicted octanol–water partition coefficient (Wildman–Crippen LogP) is 6.12. The molecule has 1 saturated carbocycles. The lowest BCUT2D eigenvalue weighted by atomic mass is 9.91. The van der Waals surface area contributed by atoms with Crippen molar-refractivity contribution in [2.45, 2.75) is 75.2 Å². The van der Waals surface area contributed by atoms with Gasteiger partial charge in [0.15, 0.2) is 0 Å². The van der Waals surface area contributed by atoms with Crippen molar-refractivity contribution in [2.24, 2.45) is 0 Å². The van der Waals surface area contributed by atoms with Crippen LogP contribution in [0.3, 0.4) is 0 Å². The zero-order valence-electron chi connectivity index (χ0n) is 19.9. The van der Waals surface area contributed by atoms with Gasteiger partial charge in [-0.25, -0.2) is 4.39 Å². The van der Waals surface area contributed by atoms with Crippen molar-refractivity contribution >= 4 is 5.91 Å². The van der Waals surface area contributed by atoms with Gasteiger partial charge in [-0.05, 0) is 67.6 Å². The Labute approximate surface area is 209 Å². The molecule has 37 heavy (non-hydrogen) atoms. The molecule has 0 spiro atoms. The van der Waals surface area contributed by atoms with Crippen LogP contribution in [0.2, 0.25) is 0 Å². The van der Waals surface area contributed by atoms with E-state index in [1.165, 1.54) is 19.1 Å². The number of amides is 1. The van der Waals surface area contributed by atoms with Crippen LogP contribution in [0.15, 0.2) is 42.5 Å². The molecule has 0 aromatic heterocycles. The van der Waals surface area contributed by atoms with Crippen LogP contribution in [0, 0.1) is 5.82 Å². The molecule has 0 unspecified atom stereocenters. The number of alkyl halides is 6. The average molecular weight is 533 g/mol. The van der Waals surface area contributed by atoms with Gasteiger partial charge in [0.25, 0.3) is 0 Å². The van der Waals surface area contributed by atoms with Gasteiger partial charge in [-0.15, -0.1) is 0 Å². The van der Waals surface area contributed by atoms with Crippen LogP contribution in [-0.2, 0) is 21.9 Å². The predicted molar refractivity (Wildman–Crippen MR) is 121 cm³/mol. The number of nitrogens with one attached hydrogen (secondary N) is 2. The maximum absolute atomic E-state index is 13.6. The fraction of sp³-hybridized carbons (Fsp3) is 0.500. The summed E-state index contributed by atoms with van der Waals surface area (Å²) in [7, 11) is 0. The van der Waals surface area contributed by atoms with Crippen molar-refractivity contribution in [3.05, 3.63) is 70.5 Å². The van der Waals surface area contributed by atoms with Gasteiger partial charge in [-0.2, -0.15) is 26.3 Å². The highest BCUT2D eigenvalue weighted by molar-refractivity contribution is 5.78. The van der Waals surface area contributed by atoms with E-state index in [2.05, 4.69) is 10.6 Å². The molecular formula is C26H27F7N2O2. The van der Waals surface area contributed by atoms with E-state index in [1.54, 1.807) is 12.1 Å². The van der Waals surface area contributed by atoms with Gasteiger partial charge in [0.05, 0.1) is 23.3 Å². The zero-order valence-corrected chi connectivity index (χ0v) is 19.9. The van der Waals surface area contributed by atoms with Crippen LogP contribution in [0.25, 0.3) is 0 Å². The van der Waals surface area contributed by atoms with Crippen molar-refractivity contribution in [3.8, 4) is 0 Å². The van der Waals surface area contributed by atoms with Crippen molar-refractivity contribution in [1.29, 1.82) is 0 Å². The number of rotatable bonds is 7. The highest BCUT2D eigenvalue weighted by Crippen LogP contribution is 2.42. The van der Waals surface area contributed by atoms with E-state index in [0.29, 0.717) is 44.4 Å². The number of ether oxygens (including phenoxy) is 1. The molecule has 4 nitrogen and oxygen atoms in total. The van der Waals surface area contributed by atoms with Gasteiger partial charge in [-0.1, -0.05) is 12.1 Å². The average Bonchev–Trinajstić information content (AvgIpc) is 3.42. The molecule has 2 N–H and O–H groups in total. The SMILES string of the molecule is C[C@H](O[C@@H]1CC[C@H](NC[C@@H]2CCC(=O)N2)[C@@H]1c1ccc(F)cc1)c1cc(C(F)(F)F)cc(C(F)(F)F)c1. The van der Waals surface area contributed by atoms with Gasteiger partial charge in [-0.3, -0.25) is 4.79 Å². The molecule has 11 heteroatoms. The van der Waals surface area contributed by atoms with E-state index in [4.69, 9.17) is 4.74 Å². The molecular weight excluding hydrogens is 505 g/mol. The van der Waals surface area contributed by atoms with Crippen molar-refractivity contribution in [3.63, 3.8) is 0 Å². The molecule has 4 rings (SSSR count). The minimum atomic E-state index is -4.95. The van der Waals surface area contributed by atoms with E-state index < -0.39 is 41.5 Å². The summed E-state index contributed by atoms with van der Waals surface area (Å²) in [4.78, 5) is 11.5. The molecule has 2 fully saturated rings. The Morgan fingerprint density at radius 1 is 0.973 bits per heavy atom. The Hall–Kier alpha value is -2.66. The monoisotopic (exact) mass is 532 g/mol. The number of halogens is 7. The summed E-state index contributed by atoms with van der Waals surface area (Å²) in [6.45, 7) is 1.92. The van der Waals surface area contributed by atoms with Crippen LogP contribution in [0.5, 0.6) is 0 Å². The Balaban J connectivity index is 1.57. The van der Waals surface area contributed by atoms with Crippen LogP contribution < -0.4 is 10.6 Å². The second-order valence-electron chi connectivity index (χ2n) is 9.63. The molecule has 0 bridgehead atoms. The van der Waals surface area contributed by atoms with E-state index in [-0.39, 0.29) is 35.5 Å². The third kappa shape index (κ3) is 6.62. The van der Waals surface area contributed by atoms with E-state index in [0.717, 1.165) is 5.56 Å². The van der Waals surface area contributed by atoms with Crippen molar-refractivity contribution < 1.29 is 40.3 Å². The first kappa shape index (κ1) is 27.4. The fourth-order valence-electron chi connectivity index (χ4n) is 5.15. The molecule has 5 atom stereocenters. The maximum atomic E-state index is 13.6. The van der Waals surface area contributed by atoms with Gasteiger partial charge in [0.1, 0.15) is 5.82 Å². The molecule has 1 amide bonds. The molecule has 202 valence electrons. The third-order valence-corrected chi connectivity index (χ3v) is 7.02. The quantitative estimate of drug-likeness (QED) is 0.423. The lowest BCUT2D eigenvalue weighted by Gasteiger charge is -2.29. The second-order valence-corrected chi connectivity index (χ2v) is 9.63. The maximum Gasteiger partial charge on any atom is 0.416 e.